The lowest BCUT2D eigenvalue weighted by molar-refractivity contribution is -0.170. The highest BCUT2D eigenvalue weighted by atomic mass is 35.5. The Kier molecular flexibility index (Phi) is 4.40. The molecule has 3 fully saturated rings. The third kappa shape index (κ3) is 2.21. The van der Waals surface area contributed by atoms with Crippen molar-refractivity contribution in [3.8, 4) is 0 Å². The predicted octanol–water partition coefficient (Wildman–Crippen LogP) is 2.03. The van der Waals surface area contributed by atoms with Crippen LogP contribution in [0.4, 0.5) is 4.39 Å². The Morgan fingerprint density at radius 3 is 2.66 bits per heavy atom. The summed E-state index contributed by atoms with van der Waals surface area (Å²) in [6.45, 7) is 6.45. The Morgan fingerprint density at radius 1 is 1.38 bits per heavy atom. The van der Waals surface area contributed by atoms with Gasteiger partial charge in [-0.05, 0) is 54.4 Å². The number of Topliss-reactive ketones (excluding diaryl/α,β-unsaturated/α-hetero) is 1. The van der Waals surface area contributed by atoms with Crippen LogP contribution in [0.3, 0.4) is 0 Å². The Labute approximate surface area is 173 Å². The third-order valence-electron chi connectivity index (χ3n) is 8.37. The summed E-state index contributed by atoms with van der Waals surface area (Å²) < 4.78 is 15.3. The molecule has 0 aliphatic heterocycles. The number of fused-ring (bicyclic) bond motifs is 5. The van der Waals surface area contributed by atoms with Gasteiger partial charge in [-0.2, -0.15) is 0 Å². The number of alkyl halides is 2. The number of allylic oxidation sites excluding steroid dienone is 4. The summed E-state index contributed by atoms with van der Waals surface area (Å²) in [4.78, 5) is 23.1. The Balaban J connectivity index is 1.88. The molecule has 0 aromatic heterocycles. The van der Waals surface area contributed by atoms with Crippen molar-refractivity contribution in [2.45, 2.75) is 55.9 Å². The first-order chi connectivity index (χ1) is 13.4. The molecule has 7 heteroatoms. The molecular formula is C22H26ClFO5. The highest BCUT2D eigenvalue weighted by molar-refractivity contribution is 6.26. The topological polar surface area (TPSA) is 94.8 Å². The molecular weight excluding hydrogens is 399 g/mol. The molecule has 0 aromatic rings. The molecule has 3 N–H and O–H groups in total. The van der Waals surface area contributed by atoms with E-state index in [0.29, 0.717) is 0 Å². The molecule has 0 heterocycles. The van der Waals surface area contributed by atoms with Crippen LogP contribution in [0.25, 0.3) is 0 Å². The molecule has 0 bridgehead atoms. The lowest BCUT2D eigenvalue weighted by Gasteiger charge is -2.64. The van der Waals surface area contributed by atoms with E-state index in [1.54, 1.807) is 19.9 Å². The average molecular weight is 425 g/mol. The van der Waals surface area contributed by atoms with Gasteiger partial charge in [0.1, 0.15) is 12.8 Å². The van der Waals surface area contributed by atoms with Crippen LogP contribution >= 0.6 is 11.6 Å². The van der Waals surface area contributed by atoms with Crippen LogP contribution in [0.1, 0.15) is 33.1 Å². The summed E-state index contributed by atoms with van der Waals surface area (Å²) >= 11 is 7.17. The van der Waals surface area contributed by atoms with Gasteiger partial charge in [0.25, 0.3) is 0 Å². The number of rotatable bonds is 2. The first kappa shape index (κ1) is 20.9. The smallest absolute Gasteiger partial charge is 0.194 e. The van der Waals surface area contributed by atoms with Gasteiger partial charge in [0, 0.05) is 10.8 Å². The predicted molar refractivity (Wildman–Crippen MR) is 105 cm³/mol. The minimum absolute atomic E-state index is 0.0134. The molecule has 3 saturated carbocycles. The minimum Gasteiger partial charge on any atom is -0.391 e. The molecule has 5 nitrogen and oxygen atoms in total. The number of hydrogen-bond donors (Lipinski definition) is 3. The van der Waals surface area contributed by atoms with E-state index >= 15 is 4.39 Å². The van der Waals surface area contributed by atoms with Crippen LogP contribution in [0.2, 0.25) is 0 Å². The SMILES string of the molecule is C=C1C[C@H]2[C@@H]3CC(F)C4=CC(=O)C=C[C@]4(C)[C@@]3(Cl)C(O)C[C@]2(C)[C@@]1(O)C(=O)CO. The zero-order chi connectivity index (χ0) is 21.6. The fraction of sp³-hybridized carbons (Fsp3) is 0.636. The summed E-state index contributed by atoms with van der Waals surface area (Å²) in [5.41, 5.74) is -3.72. The van der Waals surface area contributed by atoms with Crippen LogP contribution < -0.4 is 0 Å². The monoisotopic (exact) mass is 424 g/mol. The van der Waals surface area contributed by atoms with E-state index in [0.717, 1.165) is 0 Å². The van der Waals surface area contributed by atoms with Gasteiger partial charge in [-0.3, -0.25) is 9.59 Å². The maximum Gasteiger partial charge on any atom is 0.194 e. The molecule has 0 saturated heterocycles. The normalized spacial score (nSPS) is 51.2. The van der Waals surface area contributed by atoms with E-state index in [9.17, 15) is 24.9 Å². The van der Waals surface area contributed by atoms with Crippen LogP contribution in [-0.4, -0.2) is 56.2 Å². The van der Waals surface area contributed by atoms with Gasteiger partial charge in [-0.1, -0.05) is 26.5 Å². The van der Waals surface area contributed by atoms with Crippen molar-refractivity contribution in [1.82, 2.24) is 0 Å². The maximum absolute atomic E-state index is 15.3. The summed E-state index contributed by atoms with van der Waals surface area (Å²) in [5, 5.41) is 32.1. The standard InChI is InChI=1S/C22H26ClFO5/c1-11-6-13-14-8-16(24)15-7-12(26)4-5-19(15,2)21(14,23)17(27)9-20(13,3)22(11,29)18(28)10-25/h4-5,7,13-14,16-17,25,27,29H,1,6,8-10H2,2-3H3/t13-,14-,16?,17?,19-,20-,21-,22-/m0/s1. The molecule has 2 unspecified atom stereocenters. The quantitative estimate of drug-likeness (QED) is 0.465. The highest BCUT2D eigenvalue weighted by Gasteiger charge is 2.74. The second-order valence-corrected chi connectivity index (χ2v) is 10.1. The Hall–Kier alpha value is -1.34. The van der Waals surface area contributed by atoms with Gasteiger partial charge in [0.05, 0.1) is 11.0 Å². The van der Waals surface area contributed by atoms with E-state index in [4.69, 9.17) is 11.6 Å². The fourth-order valence-corrected chi connectivity index (χ4v) is 7.28. The van der Waals surface area contributed by atoms with Crippen LogP contribution in [0.5, 0.6) is 0 Å². The van der Waals surface area contributed by atoms with E-state index in [1.807, 2.05) is 0 Å². The molecule has 158 valence electrons. The van der Waals surface area contributed by atoms with Crippen molar-refractivity contribution in [2.24, 2.45) is 22.7 Å². The largest absolute Gasteiger partial charge is 0.391 e. The third-order valence-corrected chi connectivity index (χ3v) is 9.30. The molecule has 4 aliphatic rings. The van der Waals surface area contributed by atoms with Crippen molar-refractivity contribution in [3.63, 3.8) is 0 Å². The molecule has 29 heavy (non-hydrogen) atoms. The number of halogens is 2. The van der Waals surface area contributed by atoms with Gasteiger partial charge < -0.3 is 15.3 Å². The zero-order valence-electron chi connectivity index (χ0n) is 16.5. The van der Waals surface area contributed by atoms with Gasteiger partial charge >= 0.3 is 0 Å². The van der Waals surface area contributed by atoms with E-state index in [1.165, 1.54) is 12.2 Å². The second-order valence-electron chi connectivity index (χ2n) is 9.46. The Bertz CT molecular complexity index is 882. The second kappa shape index (κ2) is 6.10. The first-order valence-electron chi connectivity index (χ1n) is 9.89. The van der Waals surface area contributed by atoms with Gasteiger partial charge in [0.2, 0.25) is 0 Å². The number of carbonyl (C=O) groups excluding carboxylic acids is 2. The van der Waals surface area contributed by atoms with Crippen molar-refractivity contribution < 1.29 is 29.3 Å². The summed E-state index contributed by atoms with van der Waals surface area (Å²) in [7, 11) is 0. The van der Waals surface area contributed by atoms with Crippen molar-refractivity contribution >= 4 is 23.2 Å². The van der Waals surface area contributed by atoms with Gasteiger partial charge in [-0.25, -0.2) is 4.39 Å². The number of aliphatic hydroxyl groups is 3. The summed E-state index contributed by atoms with van der Waals surface area (Å²) in [6, 6.07) is 0. The average Bonchev–Trinajstić information content (AvgIpc) is 2.86. The van der Waals surface area contributed by atoms with Gasteiger partial charge in [-0.15, -0.1) is 11.6 Å². The number of carbonyl (C=O) groups is 2. The number of hydrogen-bond acceptors (Lipinski definition) is 5. The van der Waals surface area contributed by atoms with E-state index in [2.05, 4.69) is 6.58 Å². The fourth-order valence-electron chi connectivity index (χ4n) is 6.79. The maximum atomic E-state index is 15.3. The number of aliphatic hydroxyl groups excluding tert-OH is 2. The molecule has 4 aliphatic carbocycles. The van der Waals surface area contributed by atoms with Crippen molar-refractivity contribution in [3.05, 3.63) is 36.0 Å². The van der Waals surface area contributed by atoms with Crippen molar-refractivity contribution in [1.29, 1.82) is 0 Å². The zero-order valence-corrected chi connectivity index (χ0v) is 17.2. The number of ketones is 2. The summed E-state index contributed by atoms with van der Waals surface area (Å²) in [5.74, 6) is -2.08. The van der Waals surface area contributed by atoms with Crippen LogP contribution in [0, 0.1) is 22.7 Å². The van der Waals surface area contributed by atoms with Gasteiger partial charge in [0.15, 0.2) is 17.2 Å². The molecule has 0 radical (unpaired) electrons. The lowest BCUT2D eigenvalue weighted by atomic mass is 9.45. The van der Waals surface area contributed by atoms with Crippen molar-refractivity contribution in [2.75, 3.05) is 6.61 Å². The molecule has 0 spiro atoms. The Morgan fingerprint density at radius 2 is 2.03 bits per heavy atom. The highest BCUT2D eigenvalue weighted by Crippen LogP contribution is 2.71. The van der Waals surface area contributed by atoms with Crippen LogP contribution in [0.15, 0.2) is 36.0 Å². The molecule has 8 atom stereocenters. The first-order valence-corrected chi connectivity index (χ1v) is 10.3. The van der Waals surface area contributed by atoms with E-state index < -0.39 is 57.8 Å². The van der Waals surface area contributed by atoms with Crippen LogP contribution in [-0.2, 0) is 9.59 Å². The lowest BCUT2D eigenvalue weighted by Crippen LogP contribution is -2.69. The molecule has 0 amide bonds. The molecule has 0 aromatic carbocycles. The minimum atomic E-state index is -2.01. The molecule has 4 rings (SSSR count). The summed E-state index contributed by atoms with van der Waals surface area (Å²) in [6.07, 6.45) is 1.79. The van der Waals surface area contributed by atoms with E-state index in [-0.39, 0.29) is 36.2 Å².